The van der Waals surface area contributed by atoms with Crippen molar-refractivity contribution in [3.63, 3.8) is 0 Å². The number of hydrogen-bond acceptors (Lipinski definition) is 1. The van der Waals surface area contributed by atoms with Gasteiger partial charge in [-0.3, -0.25) is 0 Å². The van der Waals surface area contributed by atoms with E-state index < -0.39 is 0 Å². The van der Waals surface area contributed by atoms with Crippen molar-refractivity contribution in [1.82, 2.24) is 0 Å². The average molecular weight is 257 g/mol. The van der Waals surface area contributed by atoms with Gasteiger partial charge in [0.2, 0.25) is 0 Å². The highest BCUT2D eigenvalue weighted by Gasteiger charge is 2.07. The van der Waals surface area contributed by atoms with Crippen molar-refractivity contribution in [3.05, 3.63) is 28.8 Å². The molecule has 1 rings (SSSR count). The van der Waals surface area contributed by atoms with Gasteiger partial charge in [0.15, 0.2) is 0 Å². The number of benzene rings is 1. The number of rotatable bonds is 4. The average Bonchev–Trinajstić information content (AvgIpc) is 2.20. The van der Waals surface area contributed by atoms with Crippen molar-refractivity contribution in [1.29, 1.82) is 0 Å². The molecular formula is C12H17BrO. The van der Waals surface area contributed by atoms with Gasteiger partial charge in [-0.2, -0.15) is 0 Å². The zero-order valence-corrected chi connectivity index (χ0v) is 10.6. The Bertz CT molecular complexity index is 307. The first-order valence-corrected chi connectivity index (χ1v) is 6.02. The van der Waals surface area contributed by atoms with Gasteiger partial charge in [0.05, 0.1) is 7.11 Å². The molecule has 2 heteroatoms. The van der Waals surface area contributed by atoms with Crippen LogP contribution in [0.15, 0.2) is 12.1 Å². The molecule has 0 fully saturated rings. The SMILES string of the molecule is COc1c(CCCBr)ccc(C)c1C. The Kier molecular flexibility index (Phi) is 4.46. The molecule has 0 unspecified atom stereocenters. The summed E-state index contributed by atoms with van der Waals surface area (Å²) in [6.07, 6.45) is 2.23. The Hall–Kier alpha value is -0.500. The maximum atomic E-state index is 5.44. The maximum absolute atomic E-state index is 5.44. The molecule has 0 aliphatic carbocycles. The van der Waals surface area contributed by atoms with Gasteiger partial charge in [0.1, 0.15) is 5.75 Å². The number of methoxy groups -OCH3 is 1. The first-order valence-electron chi connectivity index (χ1n) is 4.89. The Balaban J connectivity index is 2.98. The van der Waals surface area contributed by atoms with E-state index in [9.17, 15) is 0 Å². The summed E-state index contributed by atoms with van der Waals surface area (Å²) in [4.78, 5) is 0. The predicted molar refractivity (Wildman–Crippen MR) is 64.6 cm³/mol. The molecule has 0 amide bonds. The molecule has 0 saturated heterocycles. The Morgan fingerprint density at radius 3 is 2.57 bits per heavy atom. The molecule has 0 aliphatic rings. The zero-order valence-electron chi connectivity index (χ0n) is 9.06. The van der Waals surface area contributed by atoms with E-state index in [-0.39, 0.29) is 0 Å². The summed E-state index contributed by atoms with van der Waals surface area (Å²) in [5.74, 6) is 1.06. The summed E-state index contributed by atoms with van der Waals surface area (Å²) in [7, 11) is 1.75. The topological polar surface area (TPSA) is 9.23 Å². The minimum absolute atomic E-state index is 1.04. The van der Waals surface area contributed by atoms with Crippen molar-refractivity contribution in [2.24, 2.45) is 0 Å². The molecule has 78 valence electrons. The lowest BCUT2D eigenvalue weighted by atomic mass is 10.0. The van der Waals surface area contributed by atoms with Gasteiger partial charge < -0.3 is 4.74 Å². The van der Waals surface area contributed by atoms with Gasteiger partial charge in [0.25, 0.3) is 0 Å². The zero-order chi connectivity index (χ0) is 10.6. The number of alkyl halides is 1. The first kappa shape index (κ1) is 11.6. The molecule has 0 saturated carbocycles. The number of ether oxygens (including phenoxy) is 1. The quantitative estimate of drug-likeness (QED) is 0.748. The van der Waals surface area contributed by atoms with Crippen molar-refractivity contribution >= 4 is 15.9 Å². The third-order valence-electron chi connectivity index (χ3n) is 2.54. The van der Waals surface area contributed by atoms with Crippen molar-refractivity contribution in [3.8, 4) is 5.75 Å². The van der Waals surface area contributed by atoms with Gasteiger partial charge in [-0.15, -0.1) is 0 Å². The molecule has 0 aliphatic heterocycles. The normalized spacial score (nSPS) is 10.3. The van der Waals surface area contributed by atoms with Gasteiger partial charge in [0, 0.05) is 5.33 Å². The lowest BCUT2D eigenvalue weighted by Gasteiger charge is -2.12. The minimum atomic E-state index is 1.04. The highest BCUT2D eigenvalue weighted by Crippen LogP contribution is 2.27. The third kappa shape index (κ3) is 2.50. The van der Waals surface area contributed by atoms with Gasteiger partial charge in [-0.05, 0) is 43.4 Å². The van der Waals surface area contributed by atoms with Crippen molar-refractivity contribution in [2.45, 2.75) is 26.7 Å². The second-order valence-electron chi connectivity index (χ2n) is 3.49. The van der Waals surface area contributed by atoms with Gasteiger partial charge >= 0.3 is 0 Å². The standard InChI is InChI=1S/C12H17BrO/c1-9-6-7-11(5-4-8-13)12(14-3)10(9)2/h6-7H,4-5,8H2,1-3H3. The molecule has 0 N–H and O–H groups in total. The smallest absolute Gasteiger partial charge is 0.125 e. The number of hydrogen-bond donors (Lipinski definition) is 0. The van der Waals surface area contributed by atoms with Crippen LogP contribution < -0.4 is 4.74 Å². The second-order valence-corrected chi connectivity index (χ2v) is 4.29. The first-order chi connectivity index (χ1) is 6.70. The molecule has 1 aromatic carbocycles. The van der Waals surface area contributed by atoms with Crippen LogP contribution in [0, 0.1) is 13.8 Å². The highest BCUT2D eigenvalue weighted by molar-refractivity contribution is 9.09. The summed E-state index contributed by atoms with van der Waals surface area (Å²) < 4.78 is 5.44. The predicted octanol–water partition coefficient (Wildman–Crippen LogP) is 3.64. The van der Waals surface area contributed by atoms with Crippen LogP contribution >= 0.6 is 15.9 Å². The van der Waals surface area contributed by atoms with Crippen LogP contribution in [0.4, 0.5) is 0 Å². The number of aryl methyl sites for hydroxylation is 2. The summed E-state index contributed by atoms with van der Waals surface area (Å²) in [5, 5.41) is 1.04. The lowest BCUT2D eigenvalue weighted by molar-refractivity contribution is 0.406. The van der Waals surface area contributed by atoms with Gasteiger partial charge in [-0.1, -0.05) is 28.1 Å². The summed E-state index contributed by atoms with van der Waals surface area (Å²) >= 11 is 3.45. The lowest BCUT2D eigenvalue weighted by Crippen LogP contribution is -1.97. The van der Waals surface area contributed by atoms with Crippen molar-refractivity contribution in [2.75, 3.05) is 12.4 Å². The fourth-order valence-corrected chi connectivity index (χ4v) is 1.86. The molecule has 0 aromatic heterocycles. The fourth-order valence-electron chi connectivity index (χ4n) is 1.58. The summed E-state index contributed by atoms with van der Waals surface area (Å²) in [5.41, 5.74) is 3.87. The van der Waals surface area contributed by atoms with Gasteiger partial charge in [-0.25, -0.2) is 0 Å². The van der Waals surface area contributed by atoms with Crippen LogP contribution in [-0.2, 0) is 6.42 Å². The minimum Gasteiger partial charge on any atom is -0.496 e. The maximum Gasteiger partial charge on any atom is 0.125 e. The summed E-state index contributed by atoms with van der Waals surface area (Å²) in [6, 6.07) is 4.34. The van der Waals surface area contributed by atoms with Crippen molar-refractivity contribution < 1.29 is 4.74 Å². The van der Waals surface area contributed by atoms with E-state index in [1.807, 2.05) is 0 Å². The molecule has 0 atom stereocenters. The van der Waals surface area contributed by atoms with Crippen LogP contribution in [0.2, 0.25) is 0 Å². The number of halogens is 1. The molecule has 1 aromatic rings. The molecular weight excluding hydrogens is 240 g/mol. The van der Waals surface area contributed by atoms with Crippen LogP contribution in [0.5, 0.6) is 5.75 Å². The largest absolute Gasteiger partial charge is 0.496 e. The molecule has 0 bridgehead atoms. The van der Waals surface area contributed by atoms with Crippen LogP contribution in [0.25, 0.3) is 0 Å². The van der Waals surface area contributed by atoms with E-state index in [0.29, 0.717) is 0 Å². The molecule has 0 radical (unpaired) electrons. The second kappa shape index (κ2) is 5.40. The van der Waals surface area contributed by atoms with Crippen LogP contribution in [0.3, 0.4) is 0 Å². The monoisotopic (exact) mass is 256 g/mol. The van der Waals surface area contributed by atoms with E-state index in [1.54, 1.807) is 7.11 Å². The Morgan fingerprint density at radius 2 is 2.00 bits per heavy atom. The van der Waals surface area contributed by atoms with E-state index in [2.05, 4.69) is 41.9 Å². The Morgan fingerprint density at radius 1 is 1.29 bits per heavy atom. The van der Waals surface area contributed by atoms with E-state index >= 15 is 0 Å². The molecule has 0 heterocycles. The third-order valence-corrected chi connectivity index (χ3v) is 3.10. The fraction of sp³-hybridized carbons (Fsp3) is 0.500. The molecule has 1 nitrogen and oxygen atoms in total. The van der Waals surface area contributed by atoms with E-state index in [1.165, 1.54) is 16.7 Å². The van der Waals surface area contributed by atoms with Crippen LogP contribution in [-0.4, -0.2) is 12.4 Å². The van der Waals surface area contributed by atoms with Crippen LogP contribution in [0.1, 0.15) is 23.1 Å². The Labute approximate surface area is 94.6 Å². The highest BCUT2D eigenvalue weighted by atomic mass is 79.9. The van der Waals surface area contributed by atoms with E-state index in [0.717, 1.165) is 23.9 Å². The molecule has 14 heavy (non-hydrogen) atoms. The summed E-state index contributed by atoms with van der Waals surface area (Å²) in [6.45, 7) is 4.23. The molecule has 0 spiro atoms. The van der Waals surface area contributed by atoms with E-state index in [4.69, 9.17) is 4.74 Å².